The third kappa shape index (κ3) is 1.41. The SMILES string of the molecule is O=C(c1ncccc1Br)C1CC1. The van der Waals surface area contributed by atoms with Crippen molar-refractivity contribution in [1.29, 1.82) is 0 Å². The molecule has 1 aliphatic carbocycles. The lowest BCUT2D eigenvalue weighted by Crippen LogP contribution is -2.04. The summed E-state index contributed by atoms with van der Waals surface area (Å²) < 4.78 is 0.807. The Hall–Kier alpha value is -0.700. The quantitative estimate of drug-likeness (QED) is 0.725. The van der Waals surface area contributed by atoms with Gasteiger partial charge in [0, 0.05) is 16.6 Å². The van der Waals surface area contributed by atoms with Gasteiger partial charge in [-0.1, -0.05) is 0 Å². The zero-order valence-electron chi connectivity index (χ0n) is 6.46. The predicted octanol–water partition coefficient (Wildman–Crippen LogP) is 2.44. The maximum atomic E-state index is 11.5. The molecule has 2 rings (SSSR count). The van der Waals surface area contributed by atoms with Gasteiger partial charge in [0.15, 0.2) is 5.78 Å². The average molecular weight is 226 g/mol. The van der Waals surface area contributed by atoms with Crippen LogP contribution in [0.3, 0.4) is 0 Å². The van der Waals surface area contributed by atoms with Crippen LogP contribution in [0.1, 0.15) is 23.3 Å². The minimum absolute atomic E-state index is 0.183. The highest BCUT2D eigenvalue weighted by molar-refractivity contribution is 9.10. The average Bonchev–Trinajstić information content (AvgIpc) is 2.86. The van der Waals surface area contributed by atoms with Gasteiger partial charge in [0.2, 0.25) is 0 Å². The number of hydrogen-bond donors (Lipinski definition) is 0. The summed E-state index contributed by atoms with van der Waals surface area (Å²) in [4.78, 5) is 15.6. The van der Waals surface area contributed by atoms with Gasteiger partial charge in [0.05, 0.1) is 0 Å². The predicted molar refractivity (Wildman–Crippen MR) is 49.0 cm³/mol. The van der Waals surface area contributed by atoms with Gasteiger partial charge in [-0.05, 0) is 40.9 Å². The zero-order chi connectivity index (χ0) is 8.55. The number of nitrogens with zero attached hydrogens (tertiary/aromatic N) is 1. The first kappa shape index (κ1) is 7.92. The van der Waals surface area contributed by atoms with Crippen molar-refractivity contribution >= 4 is 21.7 Å². The molecular formula is C9H8BrNO. The van der Waals surface area contributed by atoms with Crippen molar-refractivity contribution < 1.29 is 4.79 Å². The summed E-state index contributed by atoms with van der Waals surface area (Å²) in [5, 5.41) is 0. The Bertz CT molecular complexity index is 320. The van der Waals surface area contributed by atoms with E-state index in [9.17, 15) is 4.79 Å². The van der Waals surface area contributed by atoms with E-state index in [4.69, 9.17) is 0 Å². The van der Waals surface area contributed by atoms with Crippen molar-refractivity contribution in [1.82, 2.24) is 4.98 Å². The molecule has 1 fully saturated rings. The molecular weight excluding hydrogens is 218 g/mol. The topological polar surface area (TPSA) is 30.0 Å². The van der Waals surface area contributed by atoms with Gasteiger partial charge >= 0.3 is 0 Å². The second-order valence-corrected chi connectivity index (χ2v) is 3.83. The van der Waals surface area contributed by atoms with Crippen LogP contribution in [0.15, 0.2) is 22.8 Å². The molecule has 0 amide bonds. The van der Waals surface area contributed by atoms with E-state index in [2.05, 4.69) is 20.9 Å². The Morgan fingerprint density at radius 3 is 2.92 bits per heavy atom. The molecule has 12 heavy (non-hydrogen) atoms. The fourth-order valence-corrected chi connectivity index (χ4v) is 1.56. The summed E-state index contributed by atoms with van der Waals surface area (Å²) in [5.74, 6) is 0.429. The van der Waals surface area contributed by atoms with E-state index in [0.717, 1.165) is 17.3 Å². The molecule has 62 valence electrons. The summed E-state index contributed by atoms with van der Waals surface area (Å²) in [7, 11) is 0. The number of hydrogen-bond acceptors (Lipinski definition) is 2. The lowest BCUT2D eigenvalue weighted by Gasteiger charge is -1.98. The number of rotatable bonds is 2. The minimum Gasteiger partial charge on any atom is -0.292 e. The van der Waals surface area contributed by atoms with E-state index in [1.165, 1.54) is 0 Å². The summed E-state index contributed by atoms with van der Waals surface area (Å²) >= 11 is 3.31. The molecule has 0 aliphatic heterocycles. The Balaban J connectivity index is 2.32. The summed E-state index contributed by atoms with van der Waals surface area (Å²) in [6.07, 6.45) is 3.71. The Kier molecular flexibility index (Phi) is 1.97. The molecule has 0 bridgehead atoms. The van der Waals surface area contributed by atoms with E-state index in [1.807, 2.05) is 12.1 Å². The molecule has 0 atom stereocenters. The standard InChI is InChI=1S/C9H8BrNO/c10-7-2-1-5-11-8(7)9(12)6-3-4-6/h1-2,5-6H,3-4H2. The maximum absolute atomic E-state index is 11.5. The molecule has 0 N–H and O–H groups in total. The van der Waals surface area contributed by atoms with Gasteiger partial charge in [0.1, 0.15) is 5.69 Å². The van der Waals surface area contributed by atoms with Crippen molar-refractivity contribution in [3.63, 3.8) is 0 Å². The smallest absolute Gasteiger partial charge is 0.185 e. The van der Waals surface area contributed by atoms with Gasteiger partial charge in [-0.25, -0.2) is 0 Å². The summed E-state index contributed by atoms with van der Waals surface area (Å²) in [6, 6.07) is 3.66. The number of ketones is 1. The van der Waals surface area contributed by atoms with Crippen molar-refractivity contribution in [3.05, 3.63) is 28.5 Å². The second kappa shape index (κ2) is 2.98. The zero-order valence-corrected chi connectivity index (χ0v) is 8.04. The van der Waals surface area contributed by atoms with Crippen LogP contribution >= 0.6 is 15.9 Å². The third-order valence-corrected chi connectivity index (χ3v) is 2.58. The Labute approximate surface area is 79.1 Å². The molecule has 2 nitrogen and oxygen atoms in total. The molecule has 1 aliphatic rings. The number of pyridine rings is 1. The van der Waals surface area contributed by atoms with E-state index >= 15 is 0 Å². The molecule has 1 heterocycles. The highest BCUT2D eigenvalue weighted by Crippen LogP contribution is 2.33. The third-order valence-electron chi connectivity index (χ3n) is 1.94. The van der Waals surface area contributed by atoms with Crippen molar-refractivity contribution in [2.24, 2.45) is 5.92 Å². The number of Topliss-reactive ketones (excluding diaryl/α,β-unsaturated/α-hetero) is 1. The van der Waals surface area contributed by atoms with Crippen LogP contribution < -0.4 is 0 Å². The molecule has 0 unspecified atom stereocenters. The van der Waals surface area contributed by atoms with Gasteiger partial charge in [0.25, 0.3) is 0 Å². The maximum Gasteiger partial charge on any atom is 0.185 e. The van der Waals surface area contributed by atoms with Crippen molar-refractivity contribution in [2.45, 2.75) is 12.8 Å². The Morgan fingerprint density at radius 2 is 2.33 bits per heavy atom. The molecule has 0 radical (unpaired) electrons. The molecule has 0 aromatic carbocycles. The Morgan fingerprint density at radius 1 is 1.58 bits per heavy atom. The molecule has 1 saturated carbocycles. The van der Waals surface area contributed by atoms with Crippen LogP contribution in [-0.2, 0) is 0 Å². The number of aromatic nitrogens is 1. The van der Waals surface area contributed by atoms with Gasteiger partial charge in [-0.15, -0.1) is 0 Å². The monoisotopic (exact) mass is 225 g/mol. The molecule has 0 spiro atoms. The normalized spacial score (nSPS) is 16.1. The van der Waals surface area contributed by atoms with Crippen molar-refractivity contribution in [2.75, 3.05) is 0 Å². The first-order chi connectivity index (χ1) is 5.79. The van der Waals surface area contributed by atoms with Crippen LogP contribution in [0.5, 0.6) is 0 Å². The molecule has 1 aromatic rings. The number of halogens is 1. The molecule has 0 saturated heterocycles. The second-order valence-electron chi connectivity index (χ2n) is 2.97. The lowest BCUT2D eigenvalue weighted by atomic mass is 10.2. The van der Waals surface area contributed by atoms with Gasteiger partial charge < -0.3 is 0 Å². The first-order valence-corrected chi connectivity index (χ1v) is 4.73. The summed E-state index contributed by atoms with van der Waals surface area (Å²) in [5.41, 5.74) is 0.583. The van der Waals surface area contributed by atoms with E-state index in [0.29, 0.717) is 5.69 Å². The molecule has 3 heteroatoms. The highest BCUT2D eigenvalue weighted by Gasteiger charge is 2.32. The largest absolute Gasteiger partial charge is 0.292 e. The van der Waals surface area contributed by atoms with E-state index in [-0.39, 0.29) is 11.7 Å². The lowest BCUT2D eigenvalue weighted by molar-refractivity contribution is 0.0962. The molecule has 1 aromatic heterocycles. The van der Waals surface area contributed by atoms with Crippen molar-refractivity contribution in [3.8, 4) is 0 Å². The van der Waals surface area contributed by atoms with Crippen LogP contribution in [0.2, 0.25) is 0 Å². The van der Waals surface area contributed by atoms with Gasteiger partial charge in [-0.3, -0.25) is 9.78 Å². The van der Waals surface area contributed by atoms with Crippen LogP contribution in [-0.4, -0.2) is 10.8 Å². The summed E-state index contributed by atoms with van der Waals surface area (Å²) in [6.45, 7) is 0. The fraction of sp³-hybridized carbons (Fsp3) is 0.333. The fourth-order valence-electron chi connectivity index (χ4n) is 1.11. The number of carbonyl (C=O) groups excluding carboxylic acids is 1. The van der Waals surface area contributed by atoms with Crippen LogP contribution in [0.25, 0.3) is 0 Å². The first-order valence-electron chi connectivity index (χ1n) is 3.94. The number of carbonyl (C=O) groups is 1. The highest BCUT2D eigenvalue weighted by atomic mass is 79.9. The van der Waals surface area contributed by atoms with Crippen LogP contribution in [0.4, 0.5) is 0 Å². The van der Waals surface area contributed by atoms with Crippen LogP contribution in [0, 0.1) is 5.92 Å². The van der Waals surface area contributed by atoms with E-state index in [1.54, 1.807) is 6.20 Å². The van der Waals surface area contributed by atoms with Gasteiger partial charge in [-0.2, -0.15) is 0 Å². The minimum atomic E-state index is 0.183. The van der Waals surface area contributed by atoms with E-state index < -0.39 is 0 Å².